The second-order valence-electron chi connectivity index (χ2n) is 15.0. The molecule has 0 N–H and O–H groups in total. The van der Waals surface area contributed by atoms with Crippen molar-refractivity contribution in [2.24, 2.45) is 0 Å². The number of anilines is 3. The first-order valence-corrected chi connectivity index (χ1v) is 19.8. The number of halogens is 1. The summed E-state index contributed by atoms with van der Waals surface area (Å²) in [5.41, 5.74) is 10.1. The van der Waals surface area contributed by atoms with Crippen molar-refractivity contribution in [2.75, 3.05) is 4.90 Å². The van der Waals surface area contributed by atoms with Crippen LogP contribution in [0.1, 0.15) is 0 Å². The van der Waals surface area contributed by atoms with E-state index in [-0.39, 0.29) is 5.82 Å². The van der Waals surface area contributed by atoms with E-state index >= 15 is 0 Å². The molecule has 0 fully saturated rings. The van der Waals surface area contributed by atoms with E-state index in [9.17, 15) is 4.39 Å². The molecule has 0 unspecified atom stereocenters. The Morgan fingerprint density at radius 3 is 1.29 bits per heavy atom. The smallest absolute Gasteiger partial charge is 0.123 e. The van der Waals surface area contributed by atoms with Crippen molar-refractivity contribution in [3.63, 3.8) is 0 Å². The van der Waals surface area contributed by atoms with Crippen LogP contribution in [0.25, 0.3) is 87.2 Å². The lowest BCUT2D eigenvalue weighted by Gasteiger charge is -2.27. The van der Waals surface area contributed by atoms with Crippen molar-refractivity contribution in [3.8, 4) is 33.4 Å². The van der Waals surface area contributed by atoms with E-state index in [2.05, 4.69) is 199 Å². The lowest BCUT2D eigenvalue weighted by atomic mass is 9.83. The van der Waals surface area contributed by atoms with Gasteiger partial charge in [-0.2, -0.15) is 0 Å². The molecule has 1 nitrogen and oxygen atoms in total. The summed E-state index contributed by atoms with van der Waals surface area (Å²) >= 11 is 0. The minimum atomic E-state index is -0.257. The molecule has 0 radical (unpaired) electrons. The zero-order chi connectivity index (χ0) is 38.6. The molecule has 11 aromatic carbocycles. The van der Waals surface area contributed by atoms with Gasteiger partial charge in [0.1, 0.15) is 5.82 Å². The Hall–Kier alpha value is -7.55. The van der Waals surface area contributed by atoms with Gasteiger partial charge < -0.3 is 4.90 Å². The lowest BCUT2D eigenvalue weighted by molar-refractivity contribution is 0.628. The van der Waals surface area contributed by atoms with Crippen molar-refractivity contribution in [1.82, 2.24) is 0 Å². The van der Waals surface area contributed by atoms with Crippen molar-refractivity contribution < 1.29 is 4.39 Å². The third kappa shape index (κ3) is 5.61. The number of fused-ring (bicyclic) bond motifs is 5. The largest absolute Gasteiger partial charge is 0.310 e. The zero-order valence-electron chi connectivity index (χ0n) is 31.6. The van der Waals surface area contributed by atoms with E-state index in [1.54, 1.807) is 0 Å². The standard InChI is InChI=1S/C56H36FN/c57-42-29-33-44(34-30-42)58(54-25-11-17-40-14-3-6-20-47(40)54)43-31-26-37(27-32-43)41-28-35-52-53(36-41)56(49-24-10-16-39-13-2-5-19-46(39)49)51-22-8-7-21-50(51)55(52)48-23-9-15-38-12-1-4-18-45(38)48/h1-36H. The first-order chi connectivity index (χ1) is 28.7. The van der Waals surface area contributed by atoms with E-state index in [0.29, 0.717) is 0 Å². The maximum atomic E-state index is 14.2. The maximum Gasteiger partial charge on any atom is 0.123 e. The topological polar surface area (TPSA) is 3.24 Å². The summed E-state index contributed by atoms with van der Waals surface area (Å²) in [7, 11) is 0. The van der Waals surface area contributed by atoms with Gasteiger partial charge in [0.05, 0.1) is 5.69 Å². The highest BCUT2D eigenvalue weighted by molar-refractivity contribution is 6.25. The highest BCUT2D eigenvalue weighted by atomic mass is 19.1. The van der Waals surface area contributed by atoms with E-state index in [4.69, 9.17) is 0 Å². The number of hydrogen-bond donors (Lipinski definition) is 0. The van der Waals surface area contributed by atoms with Crippen LogP contribution in [0.15, 0.2) is 218 Å². The minimum Gasteiger partial charge on any atom is -0.310 e. The van der Waals surface area contributed by atoms with E-state index in [1.807, 2.05) is 12.1 Å². The molecule has 272 valence electrons. The summed E-state index contributed by atoms with van der Waals surface area (Å²) in [5, 5.41) is 12.1. The molecule has 2 heteroatoms. The van der Waals surface area contributed by atoms with Crippen LogP contribution in [-0.4, -0.2) is 0 Å². The number of hydrogen-bond acceptors (Lipinski definition) is 1. The number of benzene rings is 11. The van der Waals surface area contributed by atoms with Gasteiger partial charge in [0.25, 0.3) is 0 Å². The molecule has 11 rings (SSSR count). The zero-order valence-corrected chi connectivity index (χ0v) is 31.6. The highest BCUT2D eigenvalue weighted by Crippen LogP contribution is 2.48. The van der Waals surface area contributed by atoms with Crippen LogP contribution in [-0.2, 0) is 0 Å². The Morgan fingerprint density at radius 1 is 0.293 bits per heavy atom. The van der Waals surface area contributed by atoms with Crippen molar-refractivity contribution in [1.29, 1.82) is 0 Å². The molecule has 0 spiro atoms. The second-order valence-corrected chi connectivity index (χ2v) is 15.0. The van der Waals surface area contributed by atoms with Gasteiger partial charge in [0.15, 0.2) is 0 Å². The van der Waals surface area contributed by atoms with Gasteiger partial charge in [-0.1, -0.05) is 170 Å². The van der Waals surface area contributed by atoms with Crippen molar-refractivity contribution in [2.45, 2.75) is 0 Å². The fourth-order valence-corrected chi connectivity index (χ4v) is 9.05. The summed E-state index contributed by atoms with van der Waals surface area (Å²) in [5.74, 6) is -0.257. The summed E-state index contributed by atoms with van der Waals surface area (Å²) in [6, 6.07) is 76.9. The Labute approximate surface area is 336 Å². The molecule has 0 saturated heterocycles. The second kappa shape index (κ2) is 13.9. The molecule has 0 atom stereocenters. The molecule has 0 aromatic heterocycles. The number of nitrogens with zero attached hydrogens (tertiary/aromatic N) is 1. The summed E-state index contributed by atoms with van der Waals surface area (Å²) < 4.78 is 14.2. The molecule has 11 aromatic rings. The minimum absolute atomic E-state index is 0.257. The molecule has 0 amide bonds. The molecule has 0 saturated carbocycles. The lowest BCUT2D eigenvalue weighted by Crippen LogP contribution is -2.10. The van der Waals surface area contributed by atoms with Crippen LogP contribution in [0.3, 0.4) is 0 Å². The molecular formula is C56H36FN. The predicted octanol–water partition coefficient (Wildman–Crippen LogP) is 16.1. The monoisotopic (exact) mass is 741 g/mol. The van der Waals surface area contributed by atoms with Gasteiger partial charge in [-0.15, -0.1) is 0 Å². The van der Waals surface area contributed by atoms with Gasteiger partial charge in [0.2, 0.25) is 0 Å². The molecule has 0 aliphatic heterocycles. The van der Waals surface area contributed by atoms with E-state index in [0.717, 1.165) is 39.0 Å². The van der Waals surface area contributed by atoms with Crippen LogP contribution in [0.2, 0.25) is 0 Å². The molecule has 0 heterocycles. The summed E-state index contributed by atoms with van der Waals surface area (Å²) in [4.78, 5) is 2.22. The first kappa shape index (κ1) is 33.8. The van der Waals surface area contributed by atoms with E-state index < -0.39 is 0 Å². The molecule has 0 aliphatic rings. The molecular weight excluding hydrogens is 706 g/mol. The van der Waals surface area contributed by atoms with Gasteiger partial charge in [-0.05, 0) is 130 Å². The Kier molecular flexibility index (Phi) is 8.08. The quantitative estimate of drug-likeness (QED) is 0.153. The van der Waals surface area contributed by atoms with Crippen LogP contribution in [0.4, 0.5) is 21.5 Å². The first-order valence-electron chi connectivity index (χ1n) is 19.8. The summed E-state index contributed by atoms with van der Waals surface area (Å²) in [6.45, 7) is 0. The fourth-order valence-electron chi connectivity index (χ4n) is 9.05. The average molecular weight is 742 g/mol. The SMILES string of the molecule is Fc1ccc(N(c2ccc(-c3ccc4c(-c5cccc6ccccc56)c5ccccc5c(-c5cccc6ccccc56)c4c3)cc2)c2cccc3ccccc23)cc1. The Balaban J connectivity index is 1.14. The number of rotatable bonds is 6. The molecule has 58 heavy (non-hydrogen) atoms. The van der Waals surface area contributed by atoms with E-state index in [1.165, 1.54) is 77.5 Å². The van der Waals surface area contributed by atoms with Gasteiger partial charge in [-0.3, -0.25) is 0 Å². The van der Waals surface area contributed by atoms with Crippen molar-refractivity contribution in [3.05, 3.63) is 224 Å². The van der Waals surface area contributed by atoms with Gasteiger partial charge in [-0.25, -0.2) is 4.39 Å². The summed E-state index contributed by atoms with van der Waals surface area (Å²) in [6.07, 6.45) is 0. The fraction of sp³-hybridized carbons (Fsp3) is 0. The maximum absolute atomic E-state index is 14.2. The normalized spacial score (nSPS) is 11.5. The Morgan fingerprint density at radius 2 is 0.707 bits per heavy atom. The van der Waals surface area contributed by atoms with Gasteiger partial charge >= 0.3 is 0 Å². The third-order valence-electron chi connectivity index (χ3n) is 11.7. The van der Waals surface area contributed by atoms with Crippen LogP contribution >= 0.6 is 0 Å². The van der Waals surface area contributed by atoms with Gasteiger partial charge in [0, 0.05) is 16.8 Å². The predicted molar refractivity (Wildman–Crippen MR) is 245 cm³/mol. The van der Waals surface area contributed by atoms with Crippen LogP contribution < -0.4 is 4.90 Å². The molecule has 0 aliphatic carbocycles. The average Bonchev–Trinajstić information content (AvgIpc) is 3.29. The highest BCUT2D eigenvalue weighted by Gasteiger charge is 2.21. The Bertz CT molecular complexity index is 3330. The van der Waals surface area contributed by atoms with Crippen LogP contribution in [0, 0.1) is 5.82 Å². The third-order valence-corrected chi connectivity index (χ3v) is 11.7. The van der Waals surface area contributed by atoms with Crippen molar-refractivity contribution >= 4 is 70.9 Å². The molecule has 0 bridgehead atoms. The van der Waals surface area contributed by atoms with Crippen LogP contribution in [0.5, 0.6) is 0 Å².